The minimum atomic E-state index is -3.97. The molecule has 29 heavy (non-hydrogen) atoms. The van der Waals surface area contributed by atoms with Gasteiger partial charge in [-0.2, -0.15) is 8.42 Å². The molecule has 3 aromatic rings. The van der Waals surface area contributed by atoms with E-state index in [9.17, 15) is 18.6 Å². The molecule has 0 unspecified atom stereocenters. The summed E-state index contributed by atoms with van der Waals surface area (Å²) >= 11 is 0. The van der Waals surface area contributed by atoms with E-state index in [0.29, 0.717) is 0 Å². The SMILES string of the molecule is COc1cccc(CCc2ccc3cc(O)c(N4C=C(O)NS4(=O)=O)cc3c2)c1. The van der Waals surface area contributed by atoms with E-state index in [-0.39, 0.29) is 11.4 Å². The molecular formula is C21H20N2O5S. The van der Waals surface area contributed by atoms with Gasteiger partial charge in [0, 0.05) is 0 Å². The van der Waals surface area contributed by atoms with Crippen molar-refractivity contribution < 1.29 is 23.4 Å². The number of aryl methyl sites for hydroxylation is 2. The van der Waals surface area contributed by atoms with E-state index >= 15 is 0 Å². The monoisotopic (exact) mass is 412 g/mol. The van der Waals surface area contributed by atoms with E-state index in [0.717, 1.165) is 51.0 Å². The van der Waals surface area contributed by atoms with Crippen LogP contribution in [-0.4, -0.2) is 25.7 Å². The Morgan fingerprint density at radius 3 is 2.41 bits per heavy atom. The minimum Gasteiger partial charge on any atom is -0.506 e. The molecule has 0 saturated heterocycles. The Morgan fingerprint density at radius 1 is 0.966 bits per heavy atom. The number of aliphatic hydroxyl groups excluding tert-OH is 1. The highest BCUT2D eigenvalue weighted by molar-refractivity contribution is 7.91. The van der Waals surface area contributed by atoms with Crippen molar-refractivity contribution in [2.75, 3.05) is 11.4 Å². The third-order valence-electron chi connectivity index (χ3n) is 4.80. The van der Waals surface area contributed by atoms with Crippen LogP contribution in [0.2, 0.25) is 0 Å². The number of rotatable bonds is 5. The molecule has 0 aliphatic carbocycles. The maximum absolute atomic E-state index is 12.1. The summed E-state index contributed by atoms with van der Waals surface area (Å²) in [5, 5.41) is 21.4. The van der Waals surface area contributed by atoms with Gasteiger partial charge < -0.3 is 14.9 Å². The summed E-state index contributed by atoms with van der Waals surface area (Å²) in [5.41, 5.74) is 2.31. The highest BCUT2D eigenvalue weighted by Gasteiger charge is 2.30. The van der Waals surface area contributed by atoms with E-state index in [4.69, 9.17) is 4.74 Å². The predicted molar refractivity (Wildman–Crippen MR) is 111 cm³/mol. The first-order chi connectivity index (χ1) is 13.9. The first kappa shape index (κ1) is 18.9. The van der Waals surface area contributed by atoms with E-state index in [1.807, 2.05) is 47.2 Å². The molecule has 0 bridgehead atoms. The number of hydrogen-bond donors (Lipinski definition) is 3. The summed E-state index contributed by atoms with van der Waals surface area (Å²) in [5.74, 6) is 0.118. The number of benzene rings is 3. The van der Waals surface area contributed by atoms with Crippen LogP contribution in [0.4, 0.5) is 5.69 Å². The van der Waals surface area contributed by atoms with Gasteiger partial charge in [0.05, 0.1) is 13.3 Å². The first-order valence-electron chi connectivity index (χ1n) is 8.97. The molecule has 3 N–H and O–H groups in total. The molecule has 0 radical (unpaired) electrons. The molecule has 8 heteroatoms. The maximum Gasteiger partial charge on any atom is 0.330 e. The van der Waals surface area contributed by atoms with Crippen LogP contribution in [0.15, 0.2) is 66.7 Å². The van der Waals surface area contributed by atoms with Gasteiger partial charge in [-0.1, -0.05) is 30.3 Å². The molecule has 1 aliphatic rings. The Bertz CT molecular complexity index is 1220. The van der Waals surface area contributed by atoms with Crippen LogP contribution in [0.1, 0.15) is 11.1 Å². The van der Waals surface area contributed by atoms with Crippen molar-refractivity contribution in [2.45, 2.75) is 12.8 Å². The standard InChI is InChI=1S/C21H20N2O5S/c1-28-18-4-2-3-14(10-18)5-6-15-7-8-16-12-20(24)19(11-17(16)9-15)23-13-21(25)22-29(23,26)27/h2-4,7-13,22,24-25H,5-6H2,1H3. The molecule has 3 aromatic carbocycles. The zero-order valence-corrected chi connectivity index (χ0v) is 16.5. The molecular weight excluding hydrogens is 392 g/mol. The lowest BCUT2D eigenvalue weighted by Crippen LogP contribution is -2.29. The van der Waals surface area contributed by atoms with Gasteiger partial charge in [0.15, 0.2) is 0 Å². The molecule has 150 valence electrons. The van der Waals surface area contributed by atoms with Crippen LogP contribution in [-0.2, 0) is 23.1 Å². The lowest BCUT2D eigenvalue weighted by molar-refractivity contribution is 0.392. The fourth-order valence-electron chi connectivity index (χ4n) is 3.36. The zero-order chi connectivity index (χ0) is 20.6. The Hall–Kier alpha value is -3.39. The van der Waals surface area contributed by atoms with Crippen LogP contribution >= 0.6 is 0 Å². The number of nitrogens with one attached hydrogen (secondary N) is 1. The van der Waals surface area contributed by atoms with E-state index in [1.54, 1.807) is 13.2 Å². The molecule has 1 heterocycles. The van der Waals surface area contributed by atoms with Crippen molar-refractivity contribution in [3.05, 3.63) is 77.8 Å². The summed E-state index contributed by atoms with van der Waals surface area (Å²) < 4.78 is 32.3. The molecule has 0 spiro atoms. The summed E-state index contributed by atoms with van der Waals surface area (Å²) in [4.78, 5) is 0. The van der Waals surface area contributed by atoms with Crippen molar-refractivity contribution in [1.29, 1.82) is 0 Å². The number of aromatic hydroxyl groups is 1. The highest BCUT2D eigenvalue weighted by atomic mass is 32.2. The Morgan fingerprint density at radius 2 is 1.72 bits per heavy atom. The van der Waals surface area contributed by atoms with Gasteiger partial charge in [0.1, 0.15) is 17.2 Å². The highest BCUT2D eigenvalue weighted by Crippen LogP contribution is 2.36. The number of phenols is 1. The van der Waals surface area contributed by atoms with Crippen molar-refractivity contribution in [3.63, 3.8) is 0 Å². The number of nitrogens with zero attached hydrogens (tertiary/aromatic N) is 1. The second-order valence-electron chi connectivity index (χ2n) is 6.79. The zero-order valence-electron chi connectivity index (χ0n) is 15.7. The molecule has 0 amide bonds. The van der Waals surface area contributed by atoms with Gasteiger partial charge in [-0.05, 0) is 59.0 Å². The predicted octanol–water partition coefficient (Wildman–Crippen LogP) is 3.35. The average Bonchev–Trinajstić information content (AvgIpc) is 2.97. The number of methoxy groups -OCH3 is 1. The molecule has 4 rings (SSSR count). The summed E-state index contributed by atoms with van der Waals surface area (Å²) in [6.07, 6.45) is 2.64. The van der Waals surface area contributed by atoms with Gasteiger partial charge in [0.25, 0.3) is 0 Å². The number of phenolic OH excluding ortho intramolecular Hbond substituents is 1. The van der Waals surface area contributed by atoms with Crippen LogP contribution < -0.4 is 13.8 Å². The maximum atomic E-state index is 12.1. The average molecular weight is 412 g/mol. The van der Waals surface area contributed by atoms with Gasteiger partial charge >= 0.3 is 10.2 Å². The lowest BCUT2D eigenvalue weighted by Gasteiger charge is -2.16. The van der Waals surface area contributed by atoms with Gasteiger partial charge in [-0.3, -0.25) is 0 Å². The normalized spacial score (nSPS) is 15.2. The van der Waals surface area contributed by atoms with Crippen LogP contribution in [0.3, 0.4) is 0 Å². The summed E-state index contributed by atoms with van der Waals surface area (Å²) in [7, 11) is -2.34. The quantitative estimate of drug-likeness (QED) is 0.597. The van der Waals surface area contributed by atoms with Crippen molar-refractivity contribution in [2.24, 2.45) is 0 Å². The topological polar surface area (TPSA) is 99.1 Å². The minimum absolute atomic E-state index is 0.0685. The first-order valence-corrected chi connectivity index (χ1v) is 10.4. The van der Waals surface area contributed by atoms with Crippen LogP contribution in [0.5, 0.6) is 11.5 Å². The van der Waals surface area contributed by atoms with Crippen LogP contribution in [0.25, 0.3) is 10.8 Å². The van der Waals surface area contributed by atoms with Crippen molar-refractivity contribution in [1.82, 2.24) is 4.72 Å². The second-order valence-corrected chi connectivity index (χ2v) is 8.34. The molecule has 0 fully saturated rings. The van der Waals surface area contributed by atoms with Crippen LogP contribution in [0, 0.1) is 0 Å². The molecule has 1 aliphatic heterocycles. The van der Waals surface area contributed by atoms with Gasteiger partial charge in [0.2, 0.25) is 5.88 Å². The van der Waals surface area contributed by atoms with E-state index in [2.05, 4.69) is 0 Å². The van der Waals surface area contributed by atoms with Gasteiger partial charge in [-0.15, -0.1) is 0 Å². The largest absolute Gasteiger partial charge is 0.506 e. The fraction of sp³-hybridized carbons (Fsp3) is 0.143. The van der Waals surface area contributed by atoms with E-state index < -0.39 is 16.1 Å². The molecule has 0 saturated carbocycles. The Labute approximate surface area is 168 Å². The third kappa shape index (κ3) is 3.79. The third-order valence-corrected chi connectivity index (χ3v) is 6.09. The Kier molecular flexibility index (Phi) is 4.71. The smallest absolute Gasteiger partial charge is 0.330 e. The fourth-order valence-corrected chi connectivity index (χ4v) is 4.42. The number of ether oxygens (including phenoxy) is 1. The van der Waals surface area contributed by atoms with Crippen molar-refractivity contribution in [3.8, 4) is 11.5 Å². The molecule has 0 atom stereocenters. The van der Waals surface area contributed by atoms with E-state index in [1.165, 1.54) is 6.07 Å². The second kappa shape index (κ2) is 7.21. The number of fused-ring (bicyclic) bond motifs is 1. The lowest BCUT2D eigenvalue weighted by atomic mass is 10.0. The molecule has 7 nitrogen and oxygen atoms in total. The summed E-state index contributed by atoms with van der Waals surface area (Å²) in [6.45, 7) is 0. The number of aliphatic hydroxyl groups is 1. The molecule has 0 aromatic heterocycles. The summed E-state index contributed by atoms with van der Waals surface area (Å²) in [6, 6.07) is 16.9. The van der Waals surface area contributed by atoms with Gasteiger partial charge in [-0.25, -0.2) is 9.03 Å². The van der Waals surface area contributed by atoms with Crippen molar-refractivity contribution >= 4 is 26.7 Å². The Balaban J connectivity index is 1.64. The number of anilines is 1. The number of hydrogen-bond acceptors (Lipinski definition) is 5.